The zero-order chi connectivity index (χ0) is 16.0. The fourth-order valence-corrected chi connectivity index (χ4v) is 2.72. The van der Waals surface area contributed by atoms with Gasteiger partial charge < -0.3 is 14.8 Å². The summed E-state index contributed by atoms with van der Waals surface area (Å²) in [6, 6.07) is 0.194. The van der Waals surface area contributed by atoms with Gasteiger partial charge in [-0.05, 0) is 26.7 Å². The standard InChI is InChI=1S/C15H26N2O3S/c1-7-20-13(18)15(4,5)12-9-21-14(17-12)16-11(8-19-6)10(2)3/h9-11H,7-8H2,1-6H3,(H,16,17). The molecular formula is C15H26N2O3S. The number of anilines is 1. The Balaban J connectivity index is 2.82. The Labute approximate surface area is 131 Å². The highest BCUT2D eigenvalue weighted by Gasteiger charge is 2.34. The summed E-state index contributed by atoms with van der Waals surface area (Å²) in [5, 5.41) is 6.08. The first-order valence-electron chi connectivity index (χ1n) is 7.21. The summed E-state index contributed by atoms with van der Waals surface area (Å²) in [4.78, 5) is 16.6. The molecule has 0 aromatic carbocycles. The topological polar surface area (TPSA) is 60.5 Å². The van der Waals surface area contributed by atoms with Gasteiger partial charge in [-0.15, -0.1) is 11.3 Å². The molecule has 1 rings (SSSR count). The largest absolute Gasteiger partial charge is 0.465 e. The van der Waals surface area contributed by atoms with Gasteiger partial charge in [-0.3, -0.25) is 4.79 Å². The van der Waals surface area contributed by atoms with Crippen molar-refractivity contribution in [1.29, 1.82) is 0 Å². The van der Waals surface area contributed by atoms with E-state index in [1.807, 2.05) is 19.2 Å². The first-order chi connectivity index (χ1) is 9.82. The fraction of sp³-hybridized carbons (Fsp3) is 0.733. The highest BCUT2D eigenvalue weighted by molar-refractivity contribution is 7.13. The van der Waals surface area contributed by atoms with Crippen LogP contribution < -0.4 is 5.32 Å². The second kappa shape index (κ2) is 7.75. The molecule has 21 heavy (non-hydrogen) atoms. The van der Waals surface area contributed by atoms with E-state index in [4.69, 9.17) is 9.47 Å². The monoisotopic (exact) mass is 314 g/mol. The number of aromatic nitrogens is 1. The van der Waals surface area contributed by atoms with E-state index in [0.717, 1.165) is 10.8 Å². The van der Waals surface area contributed by atoms with Crippen LogP contribution in [0, 0.1) is 5.92 Å². The van der Waals surface area contributed by atoms with E-state index < -0.39 is 5.41 Å². The Kier molecular flexibility index (Phi) is 6.61. The SMILES string of the molecule is CCOC(=O)C(C)(C)c1csc(NC(COC)C(C)C)n1. The van der Waals surface area contributed by atoms with Gasteiger partial charge >= 0.3 is 5.97 Å². The first kappa shape index (κ1) is 17.9. The van der Waals surface area contributed by atoms with Crippen LogP contribution in [0.1, 0.15) is 40.3 Å². The van der Waals surface area contributed by atoms with Crippen molar-refractivity contribution in [2.75, 3.05) is 25.6 Å². The summed E-state index contributed by atoms with van der Waals surface area (Å²) in [7, 11) is 1.69. The molecule has 0 fully saturated rings. The molecule has 1 heterocycles. The van der Waals surface area contributed by atoms with Gasteiger partial charge in [0.05, 0.1) is 24.9 Å². The average molecular weight is 314 g/mol. The zero-order valence-electron chi connectivity index (χ0n) is 13.7. The Hall–Kier alpha value is -1.14. The number of rotatable bonds is 8. The maximum absolute atomic E-state index is 12.0. The van der Waals surface area contributed by atoms with Gasteiger partial charge in [-0.2, -0.15) is 0 Å². The number of methoxy groups -OCH3 is 1. The second-order valence-electron chi connectivity index (χ2n) is 5.83. The van der Waals surface area contributed by atoms with Crippen LogP contribution in [0.3, 0.4) is 0 Å². The van der Waals surface area contributed by atoms with Crippen LogP contribution >= 0.6 is 11.3 Å². The number of thiazole rings is 1. The summed E-state index contributed by atoms with van der Waals surface area (Å²) >= 11 is 1.50. The Morgan fingerprint density at radius 2 is 2.14 bits per heavy atom. The molecule has 1 aromatic rings. The lowest BCUT2D eigenvalue weighted by Crippen LogP contribution is -2.32. The van der Waals surface area contributed by atoms with Crippen LogP contribution in [0.25, 0.3) is 0 Å². The lowest BCUT2D eigenvalue weighted by atomic mass is 9.90. The normalized spacial score (nSPS) is 13.3. The summed E-state index contributed by atoms with van der Waals surface area (Å²) in [6.07, 6.45) is 0. The maximum Gasteiger partial charge on any atom is 0.317 e. The van der Waals surface area contributed by atoms with E-state index in [-0.39, 0.29) is 12.0 Å². The van der Waals surface area contributed by atoms with Crippen molar-refractivity contribution in [1.82, 2.24) is 4.98 Å². The molecule has 0 saturated heterocycles. The molecular weight excluding hydrogens is 288 g/mol. The van der Waals surface area contributed by atoms with E-state index in [2.05, 4.69) is 24.1 Å². The molecule has 120 valence electrons. The molecule has 5 nitrogen and oxygen atoms in total. The van der Waals surface area contributed by atoms with Crippen molar-refractivity contribution in [2.24, 2.45) is 5.92 Å². The predicted octanol–water partition coefficient (Wildman–Crippen LogP) is 3.07. The third kappa shape index (κ3) is 4.68. The van der Waals surface area contributed by atoms with Gasteiger partial charge in [-0.1, -0.05) is 13.8 Å². The molecule has 0 saturated carbocycles. The maximum atomic E-state index is 12.0. The molecule has 1 aromatic heterocycles. The minimum atomic E-state index is -0.735. The highest BCUT2D eigenvalue weighted by atomic mass is 32.1. The Morgan fingerprint density at radius 1 is 1.48 bits per heavy atom. The van der Waals surface area contributed by atoms with E-state index >= 15 is 0 Å². The van der Waals surface area contributed by atoms with E-state index in [0.29, 0.717) is 19.1 Å². The van der Waals surface area contributed by atoms with E-state index in [1.54, 1.807) is 14.0 Å². The number of esters is 1. The van der Waals surface area contributed by atoms with E-state index in [9.17, 15) is 4.79 Å². The van der Waals surface area contributed by atoms with Gasteiger partial charge in [0.1, 0.15) is 5.41 Å². The quantitative estimate of drug-likeness (QED) is 0.747. The van der Waals surface area contributed by atoms with Crippen LogP contribution in [-0.4, -0.2) is 37.3 Å². The number of ether oxygens (including phenoxy) is 2. The molecule has 0 bridgehead atoms. The highest BCUT2D eigenvalue weighted by Crippen LogP contribution is 2.29. The summed E-state index contributed by atoms with van der Waals surface area (Å²) in [6.45, 7) is 10.7. The van der Waals surface area contributed by atoms with Gasteiger partial charge in [0.2, 0.25) is 0 Å². The fourth-order valence-electron chi connectivity index (χ4n) is 1.78. The molecule has 1 unspecified atom stereocenters. The lowest BCUT2D eigenvalue weighted by Gasteiger charge is -2.21. The van der Waals surface area contributed by atoms with Crippen LogP contribution in [0.15, 0.2) is 5.38 Å². The molecule has 0 aliphatic heterocycles. The summed E-state index contributed by atoms with van der Waals surface area (Å²) in [5.41, 5.74) is -0.00512. The summed E-state index contributed by atoms with van der Waals surface area (Å²) in [5.74, 6) is 0.175. The van der Waals surface area contributed by atoms with Crippen molar-refractivity contribution in [3.8, 4) is 0 Å². The third-order valence-corrected chi connectivity index (χ3v) is 4.16. The van der Waals surface area contributed by atoms with Gasteiger partial charge in [0, 0.05) is 12.5 Å². The number of nitrogens with one attached hydrogen (secondary N) is 1. The van der Waals surface area contributed by atoms with Crippen molar-refractivity contribution in [3.05, 3.63) is 11.1 Å². The smallest absolute Gasteiger partial charge is 0.317 e. The van der Waals surface area contributed by atoms with Crippen molar-refractivity contribution in [3.63, 3.8) is 0 Å². The number of nitrogens with zero attached hydrogens (tertiary/aromatic N) is 1. The van der Waals surface area contributed by atoms with Crippen LogP contribution in [-0.2, 0) is 19.7 Å². The Bertz CT molecular complexity index is 458. The van der Waals surface area contributed by atoms with Gasteiger partial charge in [0.25, 0.3) is 0 Å². The van der Waals surface area contributed by atoms with Gasteiger partial charge in [-0.25, -0.2) is 4.98 Å². The number of hydrogen-bond donors (Lipinski definition) is 1. The minimum absolute atomic E-state index is 0.194. The summed E-state index contributed by atoms with van der Waals surface area (Å²) < 4.78 is 10.3. The first-order valence-corrected chi connectivity index (χ1v) is 8.09. The minimum Gasteiger partial charge on any atom is -0.465 e. The predicted molar refractivity (Wildman–Crippen MR) is 85.9 cm³/mol. The van der Waals surface area contributed by atoms with Crippen molar-refractivity contribution in [2.45, 2.75) is 46.1 Å². The zero-order valence-corrected chi connectivity index (χ0v) is 14.5. The molecule has 0 spiro atoms. The number of carbonyl (C=O) groups is 1. The van der Waals surface area contributed by atoms with E-state index in [1.165, 1.54) is 11.3 Å². The molecule has 0 aliphatic rings. The van der Waals surface area contributed by atoms with Gasteiger partial charge in [0.15, 0.2) is 5.13 Å². The number of hydrogen-bond acceptors (Lipinski definition) is 6. The third-order valence-electron chi connectivity index (χ3n) is 3.39. The number of carbonyl (C=O) groups excluding carboxylic acids is 1. The molecule has 0 radical (unpaired) electrons. The lowest BCUT2D eigenvalue weighted by molar-refractivity contribution is -0.148. The molecule has 0 amide bonds. The molecule has 0 aliphatic carbocycles. The average Bonchev–Trinajstić information content (AvgIpc) is 2.87. The van der Waals surface area contributed by atoms with Crippen LogP contribution in [0.2, 0.25) is 0 Å². The molecule has 1 atom stereocenters. The van der Waals surface area contributed by atoms with Crippen LogP contribution in [0.4, 0.5) is 5.13 Å². The van der Waals surface area contributed by atoms with Crippen molar-refractivity contribution < 1.29 is 14.3 Å². The molecule has 1 N–H and O–H groups in total. The van der Waals surface area contributed by atoms with Crippen molar-refractivity contribution >= 4 is 22.4 Å². The molecule has 6 heteroatoms. The Morgan fingerprint density at radius 3 is 2.67 bits per heavy atom. The second-order valence-corrected chi connectivity index (χ2v) is 6.69. The van der Waals surface area contributed by atoms with Crippen LogP contribution in [0.5, 0.6) is 0 Å².